The molecule has 0 saturated carbocycles. The number of aryl methyl sites for hydroxylation is 1. The Morgan fingerprint density at radius 1 is 1.19 bits per heavy atom. The van der Waals surface area contributed by atoms with Crippen LogP contribution in [0.2, 0.25) is 0 Å². The van der Waals surface area contributed by atoms with E-state index in [0.717, 1.165) is 0 Å². The van der Waals surface area contributed by atoms with Gasteiger partial charge in [-0.25, -0.2) is 4.79 Å². The number of hydrogen-bond acceptors (Lipinski definition) is 3. The van der Waals surface area contributed by atoms with E-state index in [4.69, 9.17) is 10.8 Å². The molecule has 2 aromatic rings. The van der Waals surface area contributed by atoms with Crippen molar-refractivity contribution in [2.45, 2.75) is 6.92 Å². The van der Waals surface area contributed by atoms with Crippen molar-refractivity contribution in [2.24, 2.45) is 0 Å². The van der Waals surface area contributed by atoms with Gasteiger partial charge >= 0.3 is 5.97 Å². The molecule has 0 radical (unpaired) electrons. The van der Waals surface area contributed by atoms with Crippen molar-refractivity contribution in [1.29, 1.82) is 0 Å². The normalized spacial score (nSPS) is 10.2. The summed E-state index contributed by atoms with van der Waals surface area (Å²) in [6.07, 6.45) is 0. The van der Waals surface area contributed by atoms with E-state index in [0.29, 0.717) is 27.0 Å². The fourth-order valence-electron chi connectivity index (χ4n) is 1.82. The lowest BCUT2D eigenvalue weighted by atomic mass is 10.1. The van der Waals surface area contributed by atoms with Gasteiger partial charge in [0, 0.05) is 21.4 Å². The number of anilines is 2. The molecule has 0 aliphatic heterocycles. The summed E-state index contributed by atoms with van der Waals surface area (Å²) in [5, 5.41) is 11.7. The fraction of sp³-hybridized carbons (Fsp3) is 0.0667. The lowest BCUT2D eigenvalue weighted by Crippen LogP contribution is -2.13. The lowest BCUT2D eigenvalue weighted by molar-refractivity contribution is 0.0695. The molecule has 0 fully saturated rings. The number of carbonyl (C=O) groups is 2. The lowest BCUT2D eigenvalue weighted by Gasteiger charge is -2.09. The van der Waals surface area contributed by atoms with Crippen LogP contribution >= 0.6 is 15.9 Å². The first kappa shape index (κ1) is 15.1. The maximum Gasteiger partial charge on any atom is 0.336 e. The van der Waals surface area contributed by atoms with Crippen LogP contribution in [0.15, 0.2) is 40.9 Å². The highest BCUT2D eigenvalue weighted by molar-refractivity contribution is 9.10. The average Bonchev–Trinajstić information content (AvgIpc) is 2.43. The molecule has 0 heterocycles. The molecule has 2 aromatic carbocycles. The number of benzene rings is 2. The highest BCUT2D eigenvalue weighted by Crippen LogP contribution is 2.21. The molecule has 0 aromatic heterocycles. The first-order chi connectivity index (χ1) is 9.88. The minimum atomic E-state index is -1.03. The summed E-state index contributed by atoms with van der Waals surface area (Å²) < 4.78 is 0.711. The van der Waals surface area contributed by atoms with E-state index in [9.17, 15) is 9.59 Å². The Morgan fingerprint density at radius 2 is 1.90 bits per heavy atom. The van der Waals surface area contributed by atoms with E-state index in [1.54, 1.807) is 37.3 Å². The van der Waals surface area contributed by atoms with Gasteiger partial charge in [-0.05, 0) is 58.7 Å². The number of nitrogens with one attached hydrogen (secondary N) is 1. The standard InChI is InChI=1S/C15H13BrN2O3/c1-8-2-4-10(7-11(8)15(20)21)18-14(19)9-3-5-12(16)13(17)6-9/h2-7H,17H2,1H3,(H,18,19)(H,20,21). The van der Waals surface area contributed by atoms with Gasteiger partial charge in [0.15, 0.2) is 0 Å². The number of amides is 1. The van der Waals surface area contributed by atoms with Crippen LogP contribution < -0.4 is 11.1 Å². The third-order valence-corrected chi connectivity index (χ3v) is 3.71. The molecule has 0 aliphatic carbocycles. The molecular formula is C15H13BrN2O3. The van der Waals surface area contributed by atoms with Crippen molar-refractivity contribution < 1.29 is 14.7 Å². The molecule has 0 spiro atoms. The zero-order chi connectivity index (χ0) is 15.6. The molecule has 0 bridgehead atoms. The van der Waals surface area contributed by atoms with Crippen LogP contribution in [0.5, 0.6) is 0 Å². The second kappa shape index (κ2) is 5.97. The second-order valence-corrected chi connectivity index (χ2v) is 5.38. The first-order valence-corrected chi connectivity index (χ1v) is 6.88. The number of nitrogens with two attached hydrogens (primary N) is 1. The molecular weight excluding hydrogens is 336 g/mol. The fourth-order valence-corrected chi connectivity index (χ4v) is 2.07. The Bertz CT molecular complexity index is 729. The van der Waals surface area contributed by atoms with Crippen molar-refractivity contribution in [1.82, 2.24) is 0 Å². The van der Waals surface area contributed by atoms with Crippen LogP contribution in [0.1, 0.15) is 26.3 Å². The van der Waals surface area contributed by atoms with Crippen molar-refractivity contribution in [3.63, 3.8) is 0 Å². The van der Waals surface area contributed by atoms with Crippen LogP contribution in [0.4, 0.5) is 11.4 Å². The van der Waals surface area contributed by atoms with Crippen LogP contribution in [0, 0.1) is 6.92 Å². The SMILES string of the molecule is Cc1ccc(NC(=O)c2ccc(Br)c(N)c2)cc1C(=O)O. The number of halogens is 1. The number of carbonyl (C=O) groups excluding carboxylic acids is 1. The molecule has 0 atom stereocenters. The molecule has 0 unspecified atom stereocenters. The number of aromatic carboxylic acids is 1. The Kier molecular flexibility index (Phi) is 4.28. The molecule has 2 rings (SSSR count). The van der Waals surface area contributed by atoms with Gasteiger partial charge in [0.05, 0.1) is 5.56 Å². The zero-order valence-electron chi connectivity index (χ0n) is 11.2. The summed E-state index contributed by atoms with van der Waals surface area (Å²) in [5.74, 6) is -1.38. The molecule has 21 heavy (non-hydrogen) atoms. The predicted octanol–water partition coefficient (Wildman–Crippen LogP) is 3.29. The topological polar surface area (TPSA) is 92.4 Å². The van der Waals surface area contributed by atoms with Gasteiger partial charge in [-0.15, -0.1) is 0 Å². The number of carboxylic acid groups (broad SMARTS) is 1. The quantitative estimate of drug-likeness (QED) is 0.742. The summed E-state index contributed by atoms with van der Waals surface area (Å²) >= 11 is 3.26. The maximum absolute atomic E-state index is 12.1. The van der Waals surface area contributed by atoms with Crippen LogP contribution in [0.3, 0.4) is 0 Å². The van der Waals surface area contributed by atoms with Gasteiger partial charge in [0.2, 0.25) is 0 Å². The smallest absolute Gasteiger partial charge is 0.336 e. The van der Waals surface area contributed by atoms with E-state index >= 15 is 0 Å². The summed E-state index contributed by atoms with van der Waals surface area (Å²) in [5.41, 5.74) is 7.79. The molecule has 4 N–H and O–H groups in total. The minimum absolute atomic E-state index is 0.156. The van der Waals surface area contributed by atoms with Crippen molar-refractivity contribution >= 4 is 39.2 Å². The van der Waals surface area contributed by atoms with E-state index in [-0.39, 0.29) is 11.5 Å². The summed E-state index contributed by atoms with van der Waals surface area (Å²) in [6.45, 7) is 1.70. The van der Waals surface area contributed by atoms with Gasteiger partial charge < -0.3 is 16.2 Å². The first-order valence-electron chi connectivity index (χ1n) is 6.09. The average molecular weight is 349 g/mol. The highest BCUT2D eigenvalue weighted by Gasteiger charge is 2.11. The van der Waals surface area contributed by atoms with Crippen molar-refractivity contribution in [2.75, 3.05) is 11.1 Å². The van der Waals surface area contributed by atoms with Gasteiger partial charge in [-0.3, -0.25) is 4.79 Å². The highest BCUT2D eigenvalue weighted by atomic mass is 79.9. The zero-order valence-corrected chi connectivity index (χ0v) is 12.8. The molecule has 1 amide bonds. The summed E-state index contributed by atoms with van der Waals surface area (Å²) in [4.78, 5) is 23.2. The molecule has 0 saturated heterocycles. The molecule has 6 heteroatoms. The van der Waals surface area contributed by atoms with Gasteiger partial charge in [0.1, 0.15) is 0 Å². The third kappa shape index (κ3) is 3.41. The molecule has 5 nitrogen and oxygen atoms in total. The van der Waals surface area contributed by atoms with Gasteiger partial charge in [-0.2, -0.15) is 0 Å². The van der Waals surface area contributed by atoms with E-state index < -0.39 is 5.97 Å². The predicted molar refractivity (Wildman–Crippen MR) is 84.6 cm³/mol. The molecule has 108 valence electrons. The van der Waals surface area contributed by atoms with E-state index in [1.165, 1.54) is 6.07 Å². The number of rotatable bonds is 3. The largest absolute Gasteiger partial charge is 0.478 e. The third-order valence-electron chi connectivity index (χ3n) is 2.98. The van der Waals surface area contributed by atoms with Gasteiger partial charge in [0.25, 0.3) is 5.91 Å². The Balaban J connectivity index is 2.25. The van der Waals surface area contributed by atoms with E-state index in [2.05, 4.69) is 21.2 Å². The Morgan fingerprint density at radius 3 is 2.52 bits per heavy atom. The van der Waals surface area contributed by atoms with Crippen LogP contribution in [-0.4, -0.2) is 17.0 Å². The van der Waals surface area contributed by atoms with E-state index in [1.807, 2.05) is 0 Å². The molecule has 0 aliphatic rings. The van der Waals surface area contributed by atoms with Crippen LogP contribution in [-0.2, 0) is 0 Å². The van der Waals surface area contributed by atoms with Crippen molar-refractivity contribution in [3.05, 3.63) is 57.6 Å². The minimum Gasteiger partial charge on any atom is -0.478 e. The maximum atomic E-state index is 12.1. The number of hydrogen-bond donors (Lipinski definition) is 3. The van der Waals surface area contributed by atoms with Crippen molar-refractivity contribution in [3.8, 4) is 0 Å². The summed E-state index contributed by atoms with van der Waals surface area (Å²) in [6, 6.07) is 9.59. The Labute approximate surface area is 129 Å². The summed E-state index contributed by atoms with van der Waals surface area (Å²) in [7, 11) is 0. The van der Waals surface area contributed by atoms with Crippen LogP contribution in [0.25, 0.3) is 0 Å². The van der Waals surface area contributed by atoms with Gasteiger partial charge in [-0.1, -0.05) is 6.07 Å². The monoisotopic (exact) mass is 348 g/mol. The second-order valence-electron chi connectivity index (χ2n) is 4.53. The Hall–Kier alpha value is -2.34. The number of nitrogen functional groups attached to an aromatic ring is 1. The number of carboxylic acids is 1.